The zero-order valence-electron chi connectivity index (χ0n) is 16.7. The van der Waals surface area contributed by atoms with E-state index in [0.29, 0.717) is 18.2 Å². The number of halogens is 1. The van der Waals surface area contributed by atoms with Crippen LogP contribution in [0.1, 0.15) is 5.56 Å². The summed E-state index contributed by atoms with van der Waals surface area (Å²) in [7, 11) is 3.88. The summed E-state index contributed by atoms with van der Waals surface area (Å²) in [6, 6.07) is 13.5. The smallest absolute Gasteiger partial charge is 0.248 e. The standard InChI is InChI=1S/C22H23ClN4O2/c1-15-4-9-20-19(12-15)27(10-11-29-20)21(28)14-26-13-18(22(24-26)25(2)3)16-5-7-17(23)8-6-16/h4-9,12-13H,10-11,14H2,1-3H3. The molecule has 1 aliphatic rings. The fourth-order valence-corrected chi connectivity index (χ4v) is 3.59. The quantitative estimate of drug-likeness (QED) is 0.652. The summed E-state index contributed by atoms with van der Waals surface area (Å²) >= 11 is 6.02. The third-order valence-corrected chi connectivity index (χ3v) is 5.15. The van der Waals surface area contributed by atoms with Crippen molar-refractivity contribution in [1.29, 1.82) is 0 Å². The molecular formula is C22H23ClN4O2. The van der Waals surface area contributed by atoms with E-state index < -0.39 is 0 Å². The van der Waals surface area contributed by atoms with E-state index in [1.165, 1.54) is 0 Å². The molecule has 1 amide bonds. The third-order valence-electron chi connectivity index (χ3n) is 4.90. The second-order valence-electron chi connectivity index (χ2n) is 7.33. The first-order valence-corrected chi connectivity index (χ1v) is 9.85. The van der Waals surface area contributed by atoms with Crippen molar-refractivity contribution in [2.45, 2.75) is 13.5 Å². The minimum Gasteiger partial charge on any atom is -0.490 e. The Morgan fingerprint density at radius 3 is 2.69 bits per heavy atom. The van der Waals surface area contributed by atoms with Gasteiger partial charge in [0.15, 0.2) is 5.82 Å². The lowest BCUT2D eigenvalue weighted by Gasteiger charge is -2.29. The molecule has 0 N–H and O–H groups in total. The highest BCUT2D eigenvalue weighted by molar-refractivity contribution is 6.30. The number of rotatable bonds is 4. The fraction of sp³-hybridized carbons (Fsp3) is 0.273. The van der Waals surface area contributed by atoms with Gasteiger partial charge in [-0.3, -0.25) is 9.48 Å². The number of hydrogen-bond donors (Lipinski definition) is 0. The van der Waals surface area contributed by atoms with Gasteiger partial charge in [-0.1, -0.05) is 29.8 Å². The van der Waals surface area contributed by atoms with Crippen LogP contribution in [0.15, 0.2) is 48.7 Å². The van der Waals surface area contributed by atoms with Crippen molar-refractivity contribution in [3.05, 3.63) is 59.2 Å². The molecule has 1 aromatic heterocycles. The molecule has 0 radical (unpaired) electrons. The van der Waals surface area contributed by atoms with Crippen LogP contribution < -0.4 is 14.5 Å². The molecule has 0 spiro atoms. The molecule has 6 nitrogen and oxygen atoms in total. The van der Waals surface area contributed by atoms with Crippen molar-refractivity contribution < 1.29 is 9.53 Å². The lowest BCUT2D eigenvalue weighted by Crippen LogP contribution is -2.40. The normalized spacial score (nSPS) is 13.0. The van der Waals surface area contributed by atoms with Crippen molar-refractivity contribution >= 4 is 29.0 Å². The Morgan fingerprint density at radius 1 is 1.21 bits per heavy atom. The van der Waals surface area contributed by atoms with Crippen molar-refractivity contribution in [2.24, 2.45) is 0 Å². The number of ether oxygens (including phenoxy) is 1. The summed E-state index contributed by atoms with van der Waals surface area (Å²) in [5.74, 6) is 1.53. The molecular weight excluding hydrogens is 388 g/mol. The first kappa shape index (κ1) is 19.3. The van der Waals surface area contributed by atoms with Gasteiger partial charge < -0.3 is 14.5 Å². The van der Waals surface area contributed by atoms with Crippen LogP contribution in [-0.4, -0.2) is 42.9 Å². The molecule has 0 unspecified atom stereocenters. The predicted molar refractivity (Wildman–Crippen MR) is 116 cm³/mol. The molecule has 4 rings (SSSR count). The van der Waals surface area contributed by atoms with E-state index in [1.54, 1.807) is 9.58 Å². The number of fused-ring (bicyclic) bond motifs is 1. The zero-order chi connectivity index (χ0) is 20.5. The summed E-state index contributed by atoms with van der Waals surface area (Å²) in [6.07, 6.45) is 1.91. The van der Waals surface area contributed by atoms with E-state index in [-0.39, 0.29) is 12.5 Å². The van der Waals surface area contributed by atoms with Gasteiger partial charge >= 0.3 is 0 Å². The first-order chi connectivity index (χ1) is 13.9. The van der Waals surface area contributed by atoms with Gasteiger partial charge in [0.2, 0.25) is 5.91 Å². The lowest BCUT2D eigenvalue weighted by atomic mass is 10.1. The topological polar surface area (TPSA) is 50.6 Å². The fourth-order valence-electron chi connectivity index (χ4n) is 3.47. The van der Waals surface area contributed by atoms with E-state index in [2.05, 4.69) is 5.10 Å². The summed E-state index contributed by atoms with van der Waals surface area (Å²) in [5.41, 5.74) is 3.87. The Bertz CT molecular complexity index is 1040. The average Bonchev–Trinajstić information content (AvgIpc) is 3.12. The van der Waals surface area contributed by atoms with E-state index in [0.717, 1.165) is 33.9 Å². The van der Waals surface area contributed by atoms with Crippen LogP contribution in [0.3, 0.4) is 0 Å². The number of anilines is 2. The summed E-state index contributed by atoms with van der Waals surface area (Å²) in [6.45, 7) is 3.18. The molecule has 0 saturated heterocycles. The predicted octanol–water partition coefficient (Wildman–Crippen LogP) is 4.00. The molecule has 2 heterocycles. The van der Waals surface area contributed by atoms with Gasteiger partial charge in [-0.15, -0.1) is 0 Å². The van der Waals surface area contributed by atoms with Crippen LogP contribution in [0.4, 0.5) is 11.5 Å². The Balaban J connectivity index is 1.62. The van der Waals surface area contributed by atoms with Crippen molar-refractivity contribution in [3.63, 3.8) is 0 Å². The number of aromatic nitrogens is 2. The van der Waals surface area contributed by atoms with Crippen LogP contribution in [0.5, 0.6) is 5.75 Å². The molecule has 0 atom stereocenters. The minimum atomic E-state index is -0.0180. The highest BCUT2D eigenvalue weighted by Gasteiger charge is 2.25. The van der Waals surface area contributed by atoms with E-state index in [4.69, 9.17) is 16.3 Å². The van der Waals surface area contributed by atoms with Crippen molar-refractivity contribution in [1.82, 2.24) is 9.78 Å². The highest BCUT2D eigenvalue weighted by atomic mass is 35.5. The highest BCUT2D eigenvalue weighted by Crippen LogP contribution is 2.33. The molecule has 1 aliphatic heterocycles. The Kier molecular flexibility index (Phi) is 5.20. The van der Waals surface area contributed by atoms with Crippen LogP contribution in [0, 0.1) is 6.92 Å². The Morgan fingerprint density at radius 2 is 1.97 bits per heavy atom. The molecule has 29 heavy (non-hydrogen) atoms. The van der Waals surface area contributed by atoms with Gasteiger partial charge in [0, 0.05) is 30.9 Å². The second kappa shape index (κ2) is 7.79. The number of benzene rings is 2. The van der Waals surface area contributed by atoms with Gasteiger partial charge in [-0.2, -0.15) is 5.10 Å². The Labute approximate surface area is 175 Å². The summed E-state index contributed by atoms with van der Waals surface area (Å²) < 4.78 is 7.40. The molecule has 0 fully saturated rings. The maximum absolute atomic E-state index is 13.1. The number of carbonyl (C=O) groups is 1. The molecule has 0 saturated carbocycles. The summed E-state index contributed by atoms with van der Waals surface area (Å²) in [5, 5.41) is 5.33. The largest absolute Gasteiger partial charge is 0.490 e. The van der Waals surface area contributed by atoms with Crippen LogP contribution >= 0.6 is 11.6 Å². The van der Waals surface area contributed by atoms with Gasteiger partial charge in [-0.05, 0) is 42.3 Å². The maximum atomic E-state index is 13.1. The van der Waals surface area contributed by atoms with E-state index >= 15 is 0 Å². The molecule has 0 bridgehead atoms. The maximum Gasteiger partial charge on any atom is 0.248 e. The Hall–Kier alpha value is -2.99. The van der Waals surface area contributed by atoms with Crippen molar-refractivity contribution in [3.8, 4) is 16.9 Å². The third kappa shape index (κ3) is 3.93. The number of hydrogen-bond acceptors (Lipinski definition) is 4. The summed E-state index contributed by atoms with van der Waals surface area (Å²) in [4.78, 5) is 16.8. The van der Waals surface area contributed by atoms with Crippen molar-refractivity contribution in [2.75, 3.05) is 37.0 Å². The molecule has 2 aromatic carbocycles. The molecule has 150 valence electrons. The second-order valence-corrected chi connectivity index (χ2v) is 7.77. The number of nitrogens with zero attached hydrogens (tertiary/aromatic N) is 4. The van der Waals surface area contributed by atoms with E-state index in [9.17, 15) is 4.79 Å². The molecule has 0 aliphatic carbocycles. The van der Waals surface area contributed by atoms with Gasteiger partial charge in [0.1, 0.15) is 18.9 Å². The van der Waals surface area contributed by atoms with E-state index in [1.807, 2.05) is 74.6 Å². The van der Waals surface area contributed by atoms with Gasteiger partial charge in [-0.25, -0.2) is 0 Å². The lowest BCUT2D eigenvalue weighted by molar-refractivity contribution is -0.119. The monoisotopic (exact) mass is 410 g/mol. The minimum absolute atomic E-state index is 0.0180. The SMILES string of the molecule is Cc1ccc2c(c1)N(C(=O)Cn1cc(-c3ccc(Cl)cc3)c(N(C)C)n1)CCO2. The van der Waals surface area contributed by atoms with Gasteiger partial charge in [0.25, 0.3) is 0 Å². The number of aryl methyl sites for hydroxylation is 1. The van der Waals surface area contributed by atoms with Crippen LogP contribution in [0.25, 0.3) is 11.1 Å². The molecule has 3 aromatic rings. The number of carbonyl (C=O) groups excluding carboxylic acids is 1. The van der Waals surface area contributed by atoms with Crippen LogP contribution in [0.2, 0.25) is 5.02 Å². The average molecular weight is 411 g/mol. The van der Waals surface area contributed by atoms with Gasteiger partial charge in [0.05, 0.1) is 12.2 Å². The first-order valence-electron chi connectivity index (χ1n) is 9.47. The van der Waals surface area contributed by atoms with Crippen LogP contribution in [-0.2, 0) is 11.3 Å². The molecule has 7 heteroatoms. The zero-order valence-corrected chi connectivity index (χ0v) is 17.5. The number of amides is 1.